The third-order valence-corrected chi connectivity index (χ3v) is 3.00. The number of rotatable bonds is 4. The van der Waals surface area contributed by atoms with Gasteiger partial charge in [0.2, 0.25) is 0 Å². The van der Waals surface area contributed by atoms with Crippen molar-refractivity contribution < 1.29 is 58.1 Å². The molecule has 8 nitrogen and oxygen atoms in total. The second kappa shape index (κ2) is 10.7. The fraction of sp³-hybridized carbons (Fsp3) is 1.00. The van der Waals surface area contributed by atoms with Crippen molar-refractivity contribution in [2.45, 2.75) is 0 Å². The summed E-state index contributed by atoms with van der Waals surface area (Å²) in [5.41, 5.74) is 0. The number of phosphoric acid groups is 1. The maximum atomic E-state index is 10.1. The van der Waals surface area contributed by atoms with Crippen LogP contribution in [-0.2, 0) is 43.4 Å². The fourth-order valence-electron chi connectivity index (χ4n) is 0.178. The smallest absolute Gasteiger partial charge is 0.496 e. The van der Waals surface area contributed by atoms with Gasteiger partial charge in [-0.15, -0.1) is 11.6 Å². The van der Waals surface area contributed by atoms with Crippen LogP contribution in [0.15, 0.2) is 0 Å². The van der Waals surface area contributed by atoms with Gasteiger partial charge in [0.15, 0.2) is 0 Å². The van der Waals surface area contributed by atoms with Gasteiger partial charge in [-0.25, -0.2) is 0 Å². The van der Waals surface area contributed by atoms with E-state index in [-0.39, 0.29) is 21.1 Å². The summed E-state index contributed by atoms with van der Waals surface area (Å²) in [5, 5.41) is 0. The summed E-state index contributed by atoms with van der Waals surface area (Å²) in [6, 6.07) is 0. The normalized spacial score (nSPS) is 15.2. The second-order valence-electron chi connectivity index (χ2n) is 1.06. The van der Waals surface area contributed by atoms with Gasteiger partial charge in [0.1, 0.15) is 0 Å². The molecule has 0 aromatic rings. The number of alkyl halides is 1. The third-order valence-electron chi connectivity index (χ3n) is 0.333. The molecule has 0 saturated carbocycles. The Morgan fingerprint density at radius 1 is 1.14 bits per heavy atom. The van der Waals surface area contributed by atoms with E-state index < -0.39 is 24.3 Å². The first-order valence-corrected chi connectivity index (χ1v) is 6.61. The van der Waals surface area contributed by atoms with Crippen molar-refractivity contribution in [2.75, 3.05) is 6.38 Å². The molecule has 0 bridgehead atoms. The van der Waals surface area contributed by atoms with E-state index in [1.54, 1.807) is 0 Å². The first kappa shape index (κ1) is 20.6. The SMILES string of the molecule is CCl.O=[P+]([O-])OP(=O)([O-])O[P+](=O)[O-].[Pt]. The summed E-state index contributed by atoms with van der Waals surface area (Å²) in [6.07, 6.45) is 1.47. The van der Waals surface area contributed by atoms with Crippen LogP contribution < -0.4 is 14.7 Å². The molecule has 13 heteroatoms. The van der Waals surface area contributed by atoms with Gasteiger partial charge in [-0.3, -0.25) is 4.57 Å². The molecule has 0 heterocycles. The minimum atomic E-state index is -5.25. The molecular formula is CH3ClO8P3Pt-. The van der Waals surface area contributed by atoms with E-state index in [1.807, 2.05) is 0 Å². The maximum absolute atomic E-state index is 10.1. The van der Waals surface area contributed by atoms with Gasteiger partial charge in [0, 0.05) is 27.4 Å². The van der Waals surface area contributed by atoms with Crippen molar-refractivity contribution >= 4 is 35.9 Å². The Hall–Kier alpha value is 1.21. The summed E-state index contributed by atoms with van der Waals surface area (Å²) in [6.45, 7) is 0. The van der Waals surface area contributed by atoms with Crippen LogP contribution in [0.25, 0.3) is 0 Å². The number of halogens is 1. The summed E-state index contributed by atoms with van der Waals surface area (Å²) in [7, 11) is -12.6. The standard InChI is InChI=1S/CH3Cl.HO8P3.Pt/c1-2;1-9(2)7-11(5,6)8-10(3)4;/h1H3;(H,5,6);/p-1. The Morgan fingerprint density at radius 3 is 1.50 bits per heavy atom. The van der Waals surface area contributed by atoms with Gasteiger partial charge in [0.05, 0.1) is 0 Å². The molecule has 14 heavy (non-hydrogen) atoms. The van der Waals surface area contributed by atoms with Gasteiger partial charge in [-0.1, -0.05) is 8.62 Å². The van der Waals surface area contributed by atoms with E-state index in [0.717, 1.165) is 0 Å². The van der Waals surface area contributed by atoms with Crippen molar-refractivity contribution in [3.05, 3.63) is 0 Å². The zero-order chi connectivity index (χ0) is 11.1. The molecule has 0 N–H and O–H groups in total. The molecule has 0 saturated heterocycles. The minimum Gasteiger partial charge on any atom is -0.750 e. The van der Waals surface area contributed by atoms with Gasteiger partial charge in [-0.05, 0) is 9.13 Å². The van der Waals surface area contributed by atoms with Gasteiger partial charge >= 0.3 is 24.3 Å². The Kier molecular flexibility index (Phi) is 15.8. The molecule has 0 aliphatic rings. The van der Waals surface area contributed by atoms with Crippen LogP contribution in [0.5, 0.6) is 0 Å². The number of hydrogen-bond acceptors (Lipinski definition) is 8. The minimum absolute atomic E-state index is 0. The monoisotopic (exact) mass is 466 g/mol. The molecule has 0 rings (SSSR count). The van der Waals surface area contributed by atoms with Crippen LogP contribution in [-0.4, -0.2) is 6.38 Å². The average Bonchev–Trinajstić information content (AvgIpc) is 1.85. The quantitative estimate of drug-likeness (QED) is 0.394. The van der Waals surface area contributed by atoms with E-state index >= 15 is 0 Å². The predicted molar refractivity (Wildman–Crippen MR) is 36.8 cm³/mol. The molecule has 0 spiro atoms. The average molecular weight is 466 g/mol. The third kappa shape index (κ3) is 15.7. The molecule has 2 unspecified atom stereocenters. The molecule has 88 valence electrons. The van der Waals surface area contributed by atoms with Gasteiger partial charge in [-0.2, -0.15) is 0 Å². The molecule has 0 aromatic carbocycles. The van der Waals surface area contributed by atoms with Gasteiger partial charge in [0.25, 0.3) is 0 Å². The molecule has 0 radical (unpaired) electrons. The topological polar surface area (TPSA) is 139 Å². The Balaban J connectivity index is -0.000000376. The molecule has 0 aromatic heterocycles. The van der Waals surface area contributed by atoms with E-state index in [4.69, 9.17) is 0 Å². The zero-order valence-electron chi connectivity index (χ0n) is 6.30. The van der Waals surface area contributed by atoms with E-state index in [1.165, 1.54) is 6.38 Å². The van der Waals surface area contributed by atoms with Crippen LogP contribution >= 0.6 is 35.9 Å². The molecule has 2 atom stereocenters. The Bertz CT molecular complexity index is 211. The van der Waals surface area contributed by atoms with Crippen LogP contribution in [0.3, 0.4) is 0 Å². The van der Waals surface area contributed by atoms with Crippen molar-refractivity contribution in [1.29, 1.82) is 0 Å². The molecule has 0 amide bonds. The summed E-state index contributed by atoms with van der Waals surface area (Å²) in [5.74, 6) is 0. The Morgan fingerprint density at radius 2 is 1.36 bits per heavy atom. The van der Waals surface area contributed by atoms with Gasteiger partial charge < -0.3 is 14.7 Å². The van der Waals surface area contributed by atoms with Crippen LogP contribution in [0.1, 0.15) is 0 Å². The summed E-state index contributed by atoms with van der Waals surface area (Å²) in [4.78, 5) is 29.2. The van der Waals surface area contributed by atoms with Crippen molar-refractivity contribution in [3.63, 3.8) is 0 Å². The number of hydrogen-bond donors (Lipinski definition) is 0. The van der Waals surface area contributed by atoms with Crippen molar-refractivity contribution in [3.8, 4) is 0 Å². The molecule has 0 aliphatic heterocycles. The van der Waals surface area contributed by atoms with E-state index in [2.05, 4.69) is 20.2 Å². The zero-order valence-corrected chi connectivity index (χ0v) is 12.0. The van der Waals surface area contributed by atoms with Crippen LogP contribution in [0.4, 0.5) is 0 Å². The van der Waals surface area contributed by atoms with Crippen molar-refractivity contribution in [2.24, 2.45) is 0 Å². The molecule has 0 fully saturated rings. The fourth-order valence-corrected chi connectivity index (χ4v) is 1.87. The van der Waals surface area contributed by atoms with E-state index in [9.17, 15) is 28.4 Å². The van der Waals surface area contributed by atoms with Crippen molar-refractivity contribution in [1.82, 2.24) is 0 Å². The predicted octanol–water partition coefficient (Wildman–Crippen LogP) is -0.624. The first-order chi connectivity index (χ1) is 5.83. The second-order valence-corrected chi connectivity index (χ2v) is 4.15. The first-order valence-electron chi connectivity index (χ1n) is 2.20. The van der Waals surface area contributed by atoms with Crippen LogP contribution in [0, 0.1) is 0 Å². The summed E-state index contributed by atoms with van der Waals surface area (Å²) >= 11 is 4.64. The summed E-state index contributed by atoms with van der Waals surface area (Å²) < 4.78 is 35.4. The molecular weight excluding hydrogens is 463 g/mol. The maximum Gasteiger partial charge on any atom is 0.496 e. The molecule has 0 aliphatic carbocycles. The Labute approximate surface area is 100 Å². The largest absolute Gasteiger partial charge is 0.750 e. The van der Waals surface area contributed by atoms with E-state index in [0.29, 0.717) is 0 Å². The van der Waals surface area contributed by atoms with Crippen LogP contribution in [0.2, 0.25) is 0 Å².